The van der Waals surface area contributed by atoms with E-state index in [9.17, 15) is 0 Å². The van der Waals surface area contributed by atoms with Crippen LogP contribution in [0.15, 0.2) is 97.1 Å². The maximum absolute atomic E-state index is 6.27. The van der Waals surface area contributed by atoms with Gasteiger partial charge in [0.2, 0.25) is 0 Å². The second kappa shape index (κ2) is 25.2. The zero-order valence-corrected chi connectivity index (χ0v) is 46.4. The molecule has 8 rings (SSSR count). The first-order valence-electron chi connectivity index (χ1n) is 29.4. The molecular weight excluding hydrogens is 879 g/mol. The Hall–Kier alpha value is -4.38. The number of rotatable bonds is 32. The number of hydrogen-bond donors (Lipinski definition) is 0. The number of epoxide rings is 1. The topological polar surface area (TPSA) is 34.2 Å². The molecule has 2 atom stereocenters. The van der Waals surface area contributed by atoms with Crippen LogP contribution in [0.1, 0.15) is 222 Å². The first kappa shape index (κ1) is 53.9. The molecule has 388 valence electrons. The van der Waals surface area contributed by atoms with Crippen LogP contribution in [0.2, 0.25) is 0 Å². The van der Waals surface area contributed by atoms with Gasteiger partial charge in [0.25, 0.3) is 0 Å². The van der Waals surface area contributed by atoms with Gasteiger partial charge in [-0.15, -0.1) is 0 Å². The Bertz CT molecular complexity index is 2490. The molecule has 1 saturated heterocycles. The third-order valence-corrected chi connectivity index (χ3v) is 17.7. The molecule has 4 nitrogen and oxygen atoms in total. The molecule has 0 aromatic heterocycles. The van der Waals surface area contributed by atoms with Crippen molar-refractivity contribution in [1.82, 2.24) is 0 Å². The minimum Gasteiger partial charge on any atom is -0.493 e. The van der Waals surface area contributed by atoms with Crippen molar-refractivity contribution in [2.75, 3.05) is 38.4 Å². The number of aryl methyl sites for hydroxylation is 1. The predicted molar refractivity (Wildman–Crippen MR) is 307 cm³/mol. The first-order chi connectivity index (χ1) is 35.2. The molecule has 1 heterocycles. The van der Waals surface area contributed by atoms with Gasteiger partial charge in [0.1, 0.15) is 11.9 Å². The van der Waals surface area contributed by atoms with E-state index in [1.807, 2.05) is 0 Å². The molecule has 2 aliphatic carbocycles. The highest BCUT2D eigenvalue weighted by Gasteiger charge is 2.46. The molecule has 0 bridgehead atoms. The van der Waals surface area contributed by atoms with Crippen molar-refractivity contribution in [1.29, 1.82) is 0 Å². The second-order valence-electron chi connectivity index (χ2n) is 22.7. The third-order valence-electron chi connectivity index (χ3n) is 17.7. The lowest BCUT2D eigenvalue weighted by molar-refractivity contribution is 0.104. The Labute approximate surface area is 438 Å². The Balaban J connectivity index is 1.17. The van der Waals surface area contributed by atoms with Crippen LogP contribution in [-0.2, 0) is 25.7 Å². The fourth-order valence-corrected chi connectivity index (χ4v) is 13.0. The van der Waals surface area contributed by atoms with Crippen LogP contribution in [0.4, 0.5) is 11.4 Å². The normalized spacial score (nSPS) is 16.5. The minimum absolute atomic E-state index is 0.0457. The van der Waals surface area contributed by atoms with E-state index >= 15 is 0 Å². The summed E-state index contributed by atoms with van der Waals surface area (Å²) < 4.78 is 17.3. The van der Waals surface area contributed by atoms with Crippen LogP contribution < -0.4 is 9.64 Å². The molecule has 3 aliphatic rings. The molecule has 4 heteroatoms. The van der Waals surface area contributed by atoms with Crippen LogP contribution in [0.5, 0.6) is 5.75 Å². The summed E-state index contributed by atoms with van der Waals surface area (Å²) in [6.45, 7) is 19.6. The average Bonchev–Trinajstić information content (AvgIpc) is 4.16. The smallest absolute Gasteiger partial charge is 0.121 e. The first-order valence-corrected chi connectivity index (χ1v) is 29.4. The lowest BCUT2D eigenvalue weighted by Crippen LogP contribution is -2.29. The minimum atomic E-state index is -0.146. The second-order valence-corrected chi connectivity index (χ2v) is 22.7. The average molecular weight is 972 g/mol. The van der Waals surface area contributed by atoms with E-state index in [0.29, 0.717) is 25.9 Å². The molecule has 72 heavy (non-hydrogen) atoms. The van der Waals surface area contributed by atoms with Crippen LogP contribution in [0, 0.1) is 6.92 Å². The molecule has 0 saturated carbocycles. The Morgan fingerprint density at radius 2 is 1.00 bits per heavy atom. The Kier molecular flexibility index (Phi) is 18.9. The largest absolute Gasteiger partial charge is 0.493 e. The molecule has 1 aliphatic heterocycles. The van der Waals surface area contributed by atoms with E-state index in [1.165, 1.54) is 179 Å². The summed E-state index contributed by atoms with van der Waals surface area (Å²) in [5.41, 5.74) is 18.8. The summed E-state index contributed by atoms with van der Waals surface area (Å²) in [5.74, 6) is 0.902. The summed E-state index contributed by atoms with van der Waals surface area (Å²) in [6.07, 6.45) is 27.6. The van der Waals surface area contributed by atoms with Gasteiger partial charge in [-0.3, -0.25) is 0 Å². The molecule has 2 unspecified atom stereocenters. The van der Waals surface area contributed by atoms with Gasteiger partial charge in [0.15, 0.2) is 0 Å². The van der Waals surface area contributed by atoms with Gasteiger partial charge < -0.3 is 19.1 Å². The van der Waals surface area contributed by atoms with E-state index in [2.05, 4.69) is 157 Å². The Morgan fingerprint density at radius 3 is 1.50 bits per heavy atom. The maximum atomic E-state index is 6.27. The van der Waals surface area contributed by atoms with E-state index in [0.717, 1.165) is 30.9 Å². The van der Waals surface area contributed by atoms with Gasteiger partial charge in [0.05, 0.1) is 19.8 Å². The molecule has 1 fully saturated rings. The lowest BCUT2D eigenvalue weighted by atomic mass is 9.66. The van der Waals surface area contributed by atoms with Crippen molar-refractivity contribution in [2.24, 2.45) is 0 Å². The van der Waals surface area contributed by atoms with Crippen molar-refractivity contribution in [3.63, 3.8) is 0 Å². The zero-order valence-electron chi connectivity index (χ0n) is 46.4. The number of benzene rings is 5. The van der Waals surface area contributed by atoms with Gasteiger partial charge in [0, 0.05) is 53.8 Å². The van der Waals surface area contributed by atoms with Gasteiger partial charge in [-0.25, -0.2) is 0 Å². The van der Waals surface area contributed by atoms with E-state index < -0.39 is 0 Å². The summed E-state index contributed by atoms with van der Waals surface area (Å²) in [4.78, 5) is 2.37. The van der Waals surface area contributed by atoms with E-state index in [1.54, 1.807) is 16.7 Å². The highest BCUT2D eigenvalue weighted by atomic mass is 16.6. The lowest BCUT2D eigenvalue weighted by Gasteiger charge is -2.37. The van der Waals surface area contributed by atoms with Crippen molar-refractivity contribution in [3.8, 4) is 28.0 Å². The number of anilines is 2. The molecule has 0 spiro atoms. The standard InChI is InChI=1S/C68H93NO3/c1-9-14-18-22-38-67(39-23-19-15-10-2)62-44-51(6)30-34-58(62)59-35-31-52(45-63(59)67)66(7,13-5)53-32-36-60-61-37-33-55(69(8)54-28-26-29-56(47-54)71-43-27-42-70-49-57-50-72-57)48-65(61)68(64(60)46-53,40-24-20-16-11-3)41-25-21-17-12-4/h26,28-37,44-48,57H,9-25,27,38-43,49-50H2,1-8H3. The van der Waals surface area contributed by atoms with Crippen LogP contribution in [0.3, 0.4) is 0 Å². The fraction of sp³-hybridized carbons (Fsp3) is 0.559. The number of hydrogen-bond acceptors (Lipinski definition) is 4. The van der Waals surface area contributed by atoms with E-state index in [4.69, 9.17) is 14.2 Å². The SMILES string of the molecule is CCCCCCC1(CCCCCC)c2cc(C)ccc2-c2ccc(C(C)(CC)c3ccc4c(c3)C(CCCCCC)(CCCCCC)c3cc(N(C)c5cccc(OCCCOCC6CO6)c5)ccc3-4)cc21. The van der Waals surface area contributed by atoms with Crippen LogP contribution in [0.25, 0.3) is 22.3 Å². The summed E-state index contributed by atoms with van der Waals surface area (Å²) >= 11 is 0. The number of fused-ring (bicyclic) bond motifs is 6. The van der Waals surface area contributed by atoms with Gasteiger partial charge in [-0.1, -0.05) is 217 Å². The van der Waals surface area contributed by atoms with Crippen molar-refractivity contribution >= 4 is 11.4 Å². The molecule has 0 amide bonds. The van der Waals surface area contributed by atoms with Crippen molar-refractivity contribution in [2.45, 2.75) is 212 Å². The van der Waals surface area contributed by atoms with E-state index in [-0.39, 0.29) is 16.2 Å². The molecule has 0 N–H and O–H groups in total. The zero-order chi connectivity index (χ0) is 50.6. The molecule has 0 radical (unpaired) electrons. The number of unbranched alkanes of at least 4 members (excludes halogenated alkanes) is 12. The number of nitrogens with zero attached hydrogens (tertiary/aromatic N) is 1. The molecular formula is C68H93NO3. The third kappa shape index (κ3) is 11.8. The highest BCUT2D eigenvalue weighted by molar-refractivity contribution is 5.85. The van der Waals surface area contributed by atoms with Gasteiger partial charge >= 0.3 is 0 Å². The fourth-order valence-electron chi connectivity index (χ4n) is 13.0. The highest BCUT2D eigenvalue weighted by Crippen LogP contribution is 2.58. The summed E-state index contributed by atoms with van der Waals surface area (Å²) in [6, 6.07) is 39.1. The molecule has 5 aromatic carbocycles. The maximum Gasteiger partial charge on any atom is 0.121 e. The number of ether oxygens (including phenoxy) is 3. The quantitative estimate of drug-likeness (QED) is 0.0318. The molecule has 5 aromatic rings. The monoisotopic (exact) mass is 972 g/mol. The van der Waals surface area contributed by atoms with Crippen LogP contribution >= 0.6 is 0 Å². The van der Waals surface area contributed by atoms with Crippen molar-refractivity contribution in [3.05, 3.63) is 136 Å². The van der Waals surface area contributed by atoms with Crippen LogP contribution in [-0.4, -0.2) is 39.6 Å². The summed E-state index contributed by atoms with van der Waals surface area (Å²) in [7, 11) is 2.23. The Morgan fingerprint density at radius 1 is 0.528 bits per heavy atom. The predicted octanol–water partition coefficient (Wildman–Crippen LogP) is 19.1. The van der Waals surface area contributed by atoms with Gasteiger partial charge in [-0.2, -0.15) is 0 Å². The summed E-state index contributed by atoms with van der Waals surface area (Å²) in [5, 5.41) is 0. The van der Waals surface area contributed by atoms with Crippen molar-refractivity contribution < 1.29 is 14.2 Å². The van der Waals surface area contributed by atoms with Gasteiger partial charge in [-0.05, 0) is 119 Å².